The number of nitrogens with one attached hydrogen (secondary N) is 2. The zero-order valence-corrected chi connectivity index (χ0v) is 17.8. The first-order valence-corrected chi connectivity index (χ1v) is 10.7. The van der Waals surface area contributed by atoms with E-state index in [-0.39, 0.29) is 23.4 Å². The van der Waals surface area contributed by atoms with Gasteiger partial charge in [0.1, 0.15) is 5.65 Å². The molecule has 3 heterocycles. The molecular weight excluding hydrogens is 400 g/mol. The van der Waals surface area contributed by atoms with Crippen molar-refractivity contribution < 1.29 is 14.7 Å². The van der Waals surface area contributed by atoms with Crippen LogP contribution in [0.2, 0.25) is 0 Å². The number of nitrogens with zero attached hydrogens (tertiary/aromatic N) is 4. The van der Waals surface area contributed by atoms with Crippen LogP contribution in [0, 0.1) is 5.92 Å². The van der Waals surface area contributed by atoms with Crippen LogP contribution < -0.4 is 16.2 Å². The van der Waals surface area contributed by atoms with Gasteiger partial charge in [0.05, 0.1) is 6.20 Å². The van der Waals surface area contributed by atoms with Crippen molar-refractivity contribution in [3.05, 3.63) is 33.8 Å². The molecule has 1 saturated carbocycles. The Hall–Kier alpha value is -3.14. The van der Waals surface area contributed by atoms with Crippen molar-refractivity contribution in [1.82, 2.24) is 29.7 Å². The molecule has 0 aromatic carbocycles. The number of piperazine rings is 1. The van der Waals surface area contributed by atoms with E-state index in [1.54, 1.807) is 11.0 Å². The van der Waals surface area contributed by atoms with E-state index >= 15 is 0 Å². The number of aromatic hydroxyl groups is 1. The number of hydrogen-bond acceptors (Lipinski definition) is 6. The van der Waals surface area contributed by atoms with Gasteiger partial charge in [-0.1, -0.05) is 13.8 Å². The van der Waals surface area contributed by atoms with Crippen LogP contribution in [0.15, 0.2) is 17.1 Å². The minimum atomic E-state index is -0.592. The van der Waals surface area contributed by atoms with Gasteiger partial charge >= 0.3 is 0 Å². The molecule has 2 aromatic rings. The molecule has 1 aliphatic heterocycles. The molecule has 2 fully saturated rings. The molecule has 0 bridgehead atoms. The molecule has 2 aliphatic rings. The molecule has 2 aromatic heterocycles. The third-order valence-electron chi connectivity index (χ3n) is 5.43. The van der Waals surface area contributed by atoms with Crippen LogP contribution in [0.5, 0.6) is 5.88 Å². The molecule has 0 atom stereocenters. The number of rotatable bonds is 6. The van der Waals surface area contributed by atoms with E-state index in [0.29, 0.717) is 30.8 Å². The molecule has 2 amide bonds. The highest BCUT2D eigenvalue weighted by Gasteiger charge is 2.29. The zero-order chi connectivity index (χ0) is 22.1. The van der Waals surface area contributed by atoms with Gasteiger partial charge in [-0.15, -0.1) is 0 Å². The maximum atomic E-state index is 13.2. The molecule has 1 saturated heterocycles. The zero-order valence-electron chi connectivity index (χ0n) is 17.8. The predicted molar refractivity (Wildman–Crippen MR) is 115 cm³/mol. The van der Waals surface area contributed by atoms with Crippen LogP contribution in [-0.2, 0) is 11.3 Å². The van der Waals surface area contributed by atoms with Gasteiger partial charge in [-0.25, -0.2) is 0 Å². The smallest absolute Gasteiger partial charge is 0.270 e. The fourth-order valence-electron chi connectivity index (χ4n) is 3.70. The largest absolute Gasteiger partial charge is 0.492 e. The molecule has 1 aliphatic carbocycles. The molecule has 0 radical (unpaired) electrons. The van der Waals surface area contributed by atoms with E-state index in [2.05, 4.69) is 15.7 Å². The second-order valence-corrected chi connectivity index (χ2v) is 8.50. The van der Waals surface area contributed by atoms with Gasteiger partial charge in [-0.2, -0.15) is 9.61 Å². The first-order chi connectivity index (χ1) is 14.9. The Balaban J connectivity index is 1.75. The summed E-state index contributed by atoms with van der Waals surface area (Å²) in [6.07, 6.45) is 6.28. The number of carbonyl (C=O) groups excluding carboxylic acids is 2. The summed E-state index contributed by atoms with van der Waals surface area (Å²) in [7, 11) is 0. The van der Waals surface area contributed by atoms with Crippen molar-refractivity contribution in [1.29, 1.82) is 0 Å². The lowest BCUT2D eigenvalue weighted by Crippen LogP contribution is -2.45. The second kappa shape index (κ2) is 8.54. The number of aromatic nitrogens is 3. The summed E-state index contributed by atoms with van der Waals surface area (Å²) in [6.45, 7) is 7.03. The van der Waals surface area contributed by atoms with E-state index in [9.17, 15) is 19.5 Å². The van der Waals surface area contributed by atoms with Crippen LogP contribution in [0.25, 0.3) is 11.7 Å². The second-order valence-electron chi connectivity index (χ2n) is 8.50. The third kappa shape index (κ3) is 4.34. The maximum absolute atomic E-state index is 13.2. The summed E-state index contributed by atoms with van der Waals surface area (Å²) in [4.78, 5) is 40.1. The minimum absolute atomic E-state index is 0.0488. The van der Waals surface area contributed by atoms with Gasteiger partial charge in [-0.3, -0.25) is 19.0 Å². The topological polar surface area (TPSA) is 121 Å². The van der Waals surface area contributed by atoms with E-state index < -0.39 is 17.3 Å². The normalized spacial score (nSPS) is 17.1. The molecule has 0 spiro atoms. The Morgan fingerprint density at radius 3 is 2.68 bits per heavy atom. The lowest BCUT2D eigenvalue weighted by molar-refractivity contribution is -0.126. The number of fused-ring (bicyclic) bond motifs is 1. The molecule has 10 heteroatoms. The first-order valence-electron chi connectivity index (χ1n) is 10.7. The van der Waals surface area contributed by atoms with Gasteiger partial charge < -0.3 is 20.6 Å². The number of hydrogen-bond donors (Lipinski definition) is 3. The Bertz CT molecular complexity index is 1090. The van der Waals surface area contributed by atoms with E-state index in [1.165, 1.54) is 21.4 Å². The molecular formula is C21H28N6O4. The molecule has 10 nitrogen and oxygen atoms in total. The first kappa shape index (κ1) is 21.1. The van der Waals surface area contributed by atoms with Gasteiger partial charge in [0.2, 0.25) is 11.8 Å². The Kier molecular flexibility index (Phi) is 5.81. The summed E-state index contributed by atoms with van der Waals surface area (Å²) >= 11 is 0. The molecule has 0 unspecified atom stereocenters. The average Bonchev–Trinajstić information content (AvgIpc) is 3.45. The van der Waals surface area contributed by atoms with Crippen LogP contribution in [0.1, 0.15) is 42.6 Å². The number of amides is 2. The van der Waals surface area contributed by atoms with Gasteiger partial charge in [0, 0.05) is 50.4 Å². The van der Waals surface area contributed by atoms with Gasteiger partial charge in [-0.05, 0) is 24.8 Å². The summed E-state index contributed by atoms with van der Waals surface area (Å²) in [5.41, 5.74) is -0.00905. The van der Waals surface area contributed by atoms with Crippen LogP contribution in [0.3, 0.4) is 0 Å². The molecule has 31 heavy (non-hydrogen) atoms. The van der Waals surface area contributed by atoms with Crippen LogP contribution in [-0.4, -0.2) is 68.2 Å². The van der Waals surface area contributed by atoms with Crippen LogP contribution in [0.4, 0.5) is 0 Å². The Morgan fingerprint density at radius 2 is 2.03 bits per heavy atom. The number of carbonyl (C=O) groups is 2. The summed E-state index contributed by atoms with van der Waals surface area (Å²) < 4.78 is 2.65. The highest BCUT2D eigenvalue weighted by molar-refractivity contribution is 5.97. The van der Waals surface area contributed by atoms with Gasteiger partial charge in [0.15, 0.2) is 5.56 Å². The molecule has 4 rings (SSSR count). The SMILES string of the molecule is CC(C)Cn1c(=O)c(C(=O)NC2CC2)c(O)n2ncc(C=CC(=O)N3CCNCC3)c12. The van der Waals surface area contributed by atoms with E-state index in [1.807, 2.05) is 13.8 Å². The third-order valence-corrected chi connectivity index (χ3v) is 5.43. The highest BCUT2D eigenvalue weighted by Crippen LogP contribution is 2.23. The van der Waals surface area contributed by atoms with Crippen molar-refractivity contribution in [2.75, 3.05) is 26.2 Å². The fourth-order valence-corrected chi connectivity index (χ4v) is 3.70. The molecule has 3 N–H and O–H groups in total. The highest BCUT2D eigenvalue weighted by atomic mass is 16.3. The lowest BCUT2D eigenvalue weighted by atomic mass is 10.2. The summed E-state index contributed by atoms with van der Waals surface area (Å²) in [6, 6.07) is 0.0488. The fraction of sp³-hybridized carbons (Fsp3) is 0.524. The van der Waals surface area contributed by atoms with E-state index in [4.69, 9.17) is 0 Å². The summed E-state index contributed by atoms with van der Waals surface area (Å²) in [5, 5.41) is 20.9. The van der Waals surface area contributed by atoms with Crippen molar-refractivity contribution in [3.8, 4) is 5.88 Å². The summed E-state index contributed by atoms with van der Waals surface area (Å²) in [5.74, 6) is -1.10. The van der Waals surface area contributed by atoms with Crippen molar-refractivity contribution in [3.63, 3.8) is 0 Å². The van der Waals surface area contributed by atoms with Gasteiger partial charge in [0.25, 0.3) is 11.5 Å². The minimum Gasteiger partial charge on any atom is -0.492 e. The maximum Gasteiger partial charge on any atom is 0.270 e. The van der Waals surface area contributed by atoms with Crippen molar-refractivity contribution in [2.24, 2.45) is 5.92 Å². The quantitative estimate of drug-likeness (QED) is 0.565. The van der Waals surface area contributed by atoms with Crippen molar-refractivity contribution >= 4 is 23.5 Å². The van der Waals surface area contributed by atoms with E-state index in [0.717, 1.165) is 25.9 Å². The molecule has 166 valence electrons. The Labute approximate surface area is 179 Å². The Morgan fingerprint density at radius 1 is 1.32 bits per heavy atom. The van der Waals surface area contributed by atoms with Crippen LogP contribution >= 0.6 is 0 Å². The average molecular weight is 428 g/mol. The lowest BCUT2D eigenvalue weighted by Gasteiger charge is -2.26. The predicted octanol–water partition coefficient (Wildman–Crippen LogP) is 0.195. The standard InChI is InChI=1S/C21H28N6O4/c1-13(2)12-26-19-14(3-6-16(28)25-9-7-22-8-10-25)11-23-27(19)21(31)17(20(26)30)18(29)24-15-4-5-15/h3,6,11,13,15,22,31H,4-5,7-10,12H2,1-2H3,(H,24,29). The van der Waals surface area contributed by atoms with Crippen molar-refractivity contribution in [2.45, 2.75) is 39.3 Å². The monoisotopic (exact) mass is 428 g/mol.